The number of aliphatic hydroxyl groups is 1. The fourth-order valence-corrected chi connectivity index (χ4v) is 2.51. The lowest BCUT2D eigenvalue weighted by Crippen LogP contribution is -2.52. The van der Waals surface area contributed by atoms with E-state index in [1.807, 2.05) is 0 Å². The number of carbonyl (C=O) groups excluding carboxylic acids is 1. The second-order valence-corrected chi connectivity index (χ2v) is 5.51. The van der Waals surface area contributed by atoms with Gasteiger partial charge in [-0.05, 0) is 33.1 Å². The first-order valence-electron chi connectivity index (χ1n) is 7.87. The molecule has 0 aromatic carbocycles. The zero-order valence-corrected chi connectivity index (χ0v) is 13.3. The number of unbranched alkanes of at least 4 members (excludes halogenated alkanes) is 1. The Labute approximate surface area is 123 Å². The predicted octanol–water partition coefficient (Wildman–Crippen LogP) is 1.48. The van der Waals surface area contributed by atoms with Gasteiger partial charge in [-0.15, -0.1) is 0 Å². The monoisotopic (exact) mass is 285 g/mol. The van der Waals surface area contributed by atoms with Crippen molar-refractivity contribution in [3.63, 3.8) is 0 Å². The standard InChI is InChI=1S/C16H31NO3/c1-4-7-8-9-11-15(18)14-17(5-2,6-3)13-10-12-16(19)20/h8-9,15,18H,4-7,10-14H2,1-3H3/b9-8+. The topological polar surface area (TPSA) is 60.4 Å². The van der Waals surface area contributed by atoms with Gasteiger partial charge in [-0.1, -0.05) is 25.5 Å². The fraction of sp³-hybridized carbons (Fsp3) is 0.812. The summed E-state index contributed by atoms with van der Waals surface area (Å²) in [5.41, 5.74) is 0. The predicted molar refractivity (Wildman–Crippen MR) is 80.0 cm³/mol. The molecule has 0 rings (SSSR count). The molecule has 1 N–H and O–H groups in total. The smallest absolute Gasteiger partial charge is 0.106 e. The number of quaternary nitrogens is 1. The molecule has 0 fully saturated rings. The number of carboxylic acid groups (broad SMARTS) is 1. The Morgan fingerprint density at radius 3 is 2.40 bits per heavy atom. The van der Waals surface area contributed by atoms with Crippen molar-refractivity contribution in [2.75, 3.05) is 26.2 Å². The van der Waals surface area contributed by atoms with Crippen LogP contribution in [0.2, 0.25) is 0 Å². The van der Waals surface area contributed by atoms with Crippen LogP contribution in [0, 0.1) is 0 Å². The maximum atomic E-state index is 10.5. The van der Waals surface area contributed by atoms with Crippen LogP contribution in [0.5, 0.6) is 0 Å². The number of likely N-dealkylation sites (N-methyl/N-ethyl adjacent to an activating group) is 1. The van der Waals surface area contributed by atoms with Crippen LogP contribution in [0.4, 0.5) is 0 Å². The van der Waals surface area contributed by atoms with Crippen molar-refractivity contribution in [3.05, 3.63) is 12.2 Å². The van der Waals surface area contributed by atoms with E-state index in [2.05, 4.69) is 32.9 Å². The first-order chi connectivity index (χ1) is 9.49. The average molecular weight is 285 g/mol. The first kappa shape index (κ1) is 19.1. The summed E-state index contributed by atoms with van der Waals surface area (Å²) in [4.78, 5) is 10.5. The Bertz CT molecular complexity index is 285. The first-order valence-corrected chi connectivity index (χ1v) is 7.87. The highest BCUT2D eigenvalue weighted by Gasteiger charge is 2.25. The van der Waals surface area contributed by atoms with Crippen LogP contribution in [0.25, 0.3) is 0 Å². The molecule has 0 aromatic rings. The Morgan fingerprint density at radius 2 is 1.90 bits per heavy atom. The number of carbonyl (C=O) groups is 1. The molecule has 0 amide bonds. The highest BCUT2D eigenvalue weighted by Crippen LogP contribution is 2.12. The number of rotatable bonds is 12. The Balaban J connectivity index is 4.31. The highest BCUT2D eigenvalue weighted by atomic mass is 16.4. The van der Waals surface area contributed by atoms with Gasteiger partial charge in [0.2, 0.25) is 0 Å². The van der Waals surface area contributed by atoms with E-state index < -0.39 is 5.97 Å². The summed E-state index contributed by atoms with van der Waals surface area (Å²) in [6.45, 7) is 9.64. The average Bonchev–Trinajstić information content (AvgIpc) is 2.42. The second kappa shape index (κ2) is 10.9. The number of aliphatic carboxylic acids is 1. The van der Waals surface area contributed by atoms with Gasteiger partial charge in [-0.2, -0.15) is 0 Å². The van der Waals surface area contributed by atoms with Gasteiger partial charge in [0.1, 0.15) is 12.6 Å². The quantitative estimate of drug-likeness (QED) is 0.436. The third-order valence-corrected chi connectivity index (χ3v) is 3.98. The summed E-state index contributed by atoms with van der Waals surface area (Å²) in [6.07, 6.45) is 7.39. The fourth-order valence-electron chi connectivity index (χ4n) is 2.51. The van der Waals surface area contributed by atoms with Crippen molar-refractivity contribution in [3.8, 4) is 0 Å². The third kappa shape index (κ3) is 8.33. The lowest BCUT2D eigenvalue weighted by molar-refractivity contribution is -0.927. The number of aliphatic hydroxyl groups excluding tert-OH is 1. The van der Waals surface area contributed by atoms with Crippen LogP contribution in [-0.2, 0) is 4.79 Å². The van der Waals surface area contributed by atoms with Crippen LogP contribution < -0.4 is 5.11 Å². The molecule has 0 aliphatic rings. The van der Waals surface area contributed by atoms with Gasteiger partial charge in [0.05, 0.1) is 19.6 Å². The van der Waals surface area contributed by atoms with E-state index >= 15 is 0 Å². The number of carboxylic acids is 1. The maximum Gasteiger partial charge on any atom is 0.106 e. The molecule has 4 nitrogen and oxygen atoms in total. The summed E-state index contributed by atoms with van der Waals surface area (Å²) >= 11 is 0. The van der Waals surface area contributed by atoms with Crippen molar-refractivity contribution in [1.82, 2.24) is 0 Å². The minimum atomic E-state index is -0.988. The Hall–Kier alpha value is -0.870. The van der Waals surface area contributed by atoms with Crippen molar-refractivity contribution in [2.24, 2.45) is 0 Å². The van der Waals surface area contributed by atoms with Gasteiger partial charge in [0.25, 0.3) is 0 Å². The van der Waals surface area contributed by atoms with E-state index in [0.717, 1.165) is 37.0 Å². The lowest BCUT2D eigenvalue weighted by atomic mass is 10.1. The molecule has 4 heteroatoms. The van der Waals surface area contributed by atoms with Crippen molar-refractivity contribution in [2.45, 2.75) is 59.0 Å². The van der Waals surface area contributed by atoms with Crippen LogP contribution in [-0.4, -0.2) is 47.8 Å². The molecule has 0 bridgehead atoms. The molecular formula is C16H31NO3. The zero-order valence-electron chi connectivity index (χ0n) is 13.3. The third-order valence-electron chi connectivity index (χ3n) is 3.98. The summed E-state index contributed by atoms with van der Waals surface area (Å²) < 4.78 is 0.774. The highest BCUT2D eigenvalue weighted by molar-refractivity contribution is 5.64. The SMILES string of the molecule is CCC/C=C/CC(O)C[N+](CC)(CC)CCCC(=O)[O-]. The molecule has 0 aromatic heterocycles. The van der Waals surface area contributed by atoms with E-state index in [1.54, 1.807) is 0 Å². The summed E-state index contributed by atoms with van der Waals surface area (Å²) in [5, 5.41) is 20.7. The van der Waals surface area contributed by atoms with Crippen molar-refractivity contribution in [1.29, 1.82) is 0 Å². The maximum absolute atomic E-state index is 10.5. The zero-order chi connectivity index (χ0) is 15.4. The van der Waals surface area contributed by atoms with E-state index in [4.69, 9.17) is 0 Å². The molecule has 0 saturated heterocycles. The largest absolute Gasteiger partial charge is 0.550 e. The lowest BCUT2D eigenvalue weighted by Gasteiger charge is -2.38. The van der Waals surface area contributed by atoms with Crippen LogP contribution in [0.1, 0.15) is 52.9 Å². The number of hydrogen-bond acceptors (Lipinski definition) is 3. The molecule has 0 heterocycles. The Morgan fingerprint density at radius 1 is 1.25 bits per heavy atom. The number of allylic oxidation sites excluding steroid dienone is 1. The van der Waals surface area contributed by atoms with Gasteiger partial charge in [-0.3, -0.25) is 0 Å². The van der Waals surface area contributed by atoms with Crippen LogP contribution in [0.3, 0.4) is 0 Å². The molecule has 1 unspecified atom stereocenters. The van der Waals surface area contributed by atoms with Crippen molar-refractivity contribution >= 4 is 5.97 Å². The molecule has 0 aliphatic heterocycles. The van der Waals surface area contributed by atoms with Crippen molar-refractivity contribution < 1.29 is 19.5 Å². The van der Waals surface area contributed by atoms with Crippen LogP contribution >= 0.6 is 0 Å². The van der Waals surface area contributed by atoms with Gasteiger partial charge >= 0.3 is 0 Å². The molecule has 0 saturated carbocycles. The minimum Gasteiger partial charge on any atom is -0.550 e. The molecule has 0 aliphatic carbocycles. The summed E-state index contributed by atoms with van der Waals surface area (Å²) in [5.74, 6) is -0.988. The van der Waals surface area contributed by atoms with Gasteiger partial charge in [-0.25, -0.2) is 0 Å². The van der Waals surface area contributed by atoms with E-state index in [-0.39, 0.29) is 12.5 Å². The van der Waals surface area contributed by atoms with Crippen LogP contribution in [0.15, 0.2) is 12.2 Å². The molecule has 20 heavy (non-hydrogen) atoms. The van der Waals surface area contributed by atoms with Gasteiger partial charge in [0.15, 0.2) is 0 Å². The van der Waals surface area contributed by atoms with E-state index in [9.17, 15) is 15.0 Å². The minimum absolute atomic E-state index is 0.104. The molecule has 1 atom stereocenters. The molecular weight excluding hydrogens is 254 g/mol. The van der Waals surface area contributed by atoms with Gasteiger partial charge in [0, 0.05) is 12.4 Å². The van der Waals surface area contributed by atoms with E-state index in [0.29, 0.717) is 19.4 Å². The molecule has 0 radical (unpaired) electrons. The Kier molecular flexibility index (Phi) is 10.4. The summed E-state index contributed by atoms with van der Waals surface area (Å²) in [7, 11) is 0. The second-order valence-electron chi connectivity index (χ2n) is 5.51. The summed E-state index contributed by atoms with van der Waals surface area (Å²) in [6, 6.07) is 0. The number of hydrogen-bond donors (Lipinski definition) is 1. The normalized spacial score (nSPS) is 13.8. The van der Waals surface area contributed by atoms with Gasteiger partial charge < -0.3 is 19.5 Å². The number of nitrogens with zero attached hydrogens (tertiary/aromatic N) is 1. The molecule has 0 spiro atoms. The van der Waals surface area contributed by atoms with E-state index in [1.165, 1.54) is 0 Å². The molecule has 118 valence electrons.